The number of nitrogens with zero attached hydrogens (tertiary/aromatic N) is 2. The minimum atomic E-state index is -0.996. The Morgan fingerprint density at radius 1 is 0.903 bits per heavy atom. The smallest absolute Gasteiger partial charge is 0.300 e. The first-order valence-electron chi connectivity index (χ1n) is 9.29. The van der Waals surface area contributed by atoms with Crippen molar-refractivity contribution in [3.63, 3.8) is 0 Å². The summed E-state index contributed by atoms with van der Waals surface area (Å²) in [5, 5.41) is 32.2. The topological polar surface area (TPSA) is 121 Å². The number of anilines is 1. The Bertz CT molecular complexity index is 1220. The molecular formula is C23H16N2O6. The summed E-state index contributed by atoms with van der Waals surface area (Å²) >= 11 is 0. The van der Waals surface area contributed by atoms with Gasteiger partial charge in [-0.25, -0.2) is 0 Å². The van der Waals surface area contributed by atoms with E-state index in [1.807, 2.05) is 0 Å². The number of aromatic hydroxyl groups is 1. The SMILES string of the molecule is O=C1C(=O)N(c2ccccc2O)C(c2ccccc2)/C1=C(/O)c1ccc([N+](=O)[O-])cc1. The van der Waals surface area contributed by atoms with Crippen LogP contribution in [0.15, 0.2) is 84.4 Å². The fraction of sp³-hybridized carbons (Fsp3) is 0.0435. The molecule has 3 aromatic carbocycles. The molecule has 2 N–H and O–H groups in total. The van der Waals surface area contributed by atoms with Crippen LogP contribution in [0.2, 0.25) is 0 Å². The number of hydrogen-bond donors (Lipinski definition) is 2. The highest BCUT2D eigenvalue weighted by atomic mass is 16.6. The highest BCUT2D eigenvalue weighted by Crippen LogP contribution is 2.44. The molecule has 0 bridgehead atoms. The Labute approximate surface area is 176 Å². The van der Waals surface area contributed by atoms with Crippen LogP contribution >= 0.6 is 0 Å². The lowest BCUT2D eigenvalue weighted by Crippen LogP contribution is -2.29. The molecule has 1 amide bonds. The van der Waals surface area contributed by atoms with Gasteiger partial charge in [0.25, 0.3) is 17.4 Å². The summed E-state index contributed by atoms with van der Waals surface area (Å²) in [7, 11) is 0. The maximum atomic E-state index is 13.0. The molecule has 0 saturated carbocycles. The molecule has 3 aromatic rings. The van der Waals surface area contributed by atoms with E-state index < -0.39 is 28.4 Å². The average Bonchev–Trinajstić information content (AvgIpc) is 3.05. The van der Waals surface area contributed by atoms with Gasteiger partial charge in [0.2, 0.25) is 0 Å². The number of hydrogen-bond acceptors (Lipinski definition) is 6. The lowest BCUT2D eigenvalue weighted by atomic mass is 9.95. The van der Waals surface area contributed by atoms with Crippen LogP contribution < -0.4 is 4.90 Å². The number of nitro groups is 1. The first-order chi connectivity index (χ1) is 14.9. The van der Waals surface area contributed by atoms with Gasteiger partial charge in [-0.2, -0.15) is 0 Å². The van der Waals surface area contributed by atoms with Gasteiger partial charge < -0.3 is 10.2 Å². The quantitative estimate of drug-likeness (QED) is 0.219. The zero-order valence-corrected chi connectivity index (χ0v) is 16.0. The molecule has 1 unspecified atom stereocenters. The molecule has 0 aliphatic carbocycles. The zero-order chi connectivity index (χ0) is 22.1. The first-order valence-corrected chi connectivity index (χ1v) is 9.29. The number of ketones is 1. The molecule has 0 aromatic heterocycles. The molecule has 0 radical (unpaired) electrons. The number of aliphatic hydroxyl groups excluding tert-OH is 1. The second-order valence-corrected chi connectivity index (χ2v) is 6.87. The summed E-state index contributed by atoms with van der Waals surface area (Å²) < 4.78 is 0. The number of non-ortho nitro benzene ring substituents is 1. The average molecular weight is 416 g/mol. The molecule has 31 heavy (non-hydrogen) atoms. The number of aliphatic hydroxyl groups is 1. The normalized spacial score (nSPS) is 17.7. The van der Waals surface area contributed by atoms with Gasteiger partial charge in [-0.1, -0.05) is 42.5 Å². The fourth-order valence-corrected chi connectivity index (χ4v) is 3.60. The molecule has 1 fully saturated rings. The van der Waals surface area contributed by atoms with Crippen molar-refractivity contribution >= 4 is 28.8 Å². The number of benzene rings is 3. The van der Waals surface area contributed by atoms with Crippen LogP contribution in [0.25, 0.3) is 5.76 Å². The molecule has 0 spiro atoms. The highest BCUT2D eigenvalue weighted by Gasteiger charge is 2.47. The van der Waals surface area contributed by atoms with Crippen molar-refractivity contribution in [2.24, 2.45) is 0 Å². The zero-order valence-electron chi connectivity index (χ0n) is 16.0. The van der Waals surface area contributed by atoms with Crippen LogP contribution in [-0.4, -0.2) is 26.8 Å². The van der Waals surface area contributed by atoms with E-state index in [4.69, 9.17) is 0 Å². The second kappa shape index (κ2) is 7.75. The third kappa shape index (κ3) is 3.40. The summed E-state index contributed by atoms with van der Waals surface area (Å²) in [6.45, 7) is 0. The van der Waals surface area contributed by atoms with Gasteiger partial charge in [0.15, 0.2) is 0 Å². The molecule has 8 nitrogen and oxygen atoms in total. The minimum absolute atomic E-state index is 0.126. The van der Waals surface area contributed by atoms with E-state index in [9.17, 15) is 29.9 Å². The van der Waals surface area contributed by atoms with Crippen LogP contribution in [0, 0.1) is 10.1 Å². The van der Waals surface area contributed by atoms with Gasteiger partial charge in [-0.05, 0) is 29.8 Å². The number of rotatable bonds is 4. The van der Waals surface area contributed by atoms with E-state index in [-0.39, 0.29) is 28.3 Å². The Morgan fingerprint density at radius 2 is 1.52 bits per heavy atom. The lowest BCUT2D eigenvalue weighted by molar-refractivity contribution is -0.384. The second-order valence-electron chi connectivity index (χ2n) is 6.87. The summed E-state index contributed by atoms with van der Waals surface area (Å²) in [6, 6.07) is 18.8. The Morgan fingerprint density at radius 3 is 2.13 bits per heavy atom. The van der Waals surface area contributed by atoms with Gasteiger partial charge in [0, 0.05) is 17.7 Å². The molecular weight excluding hydrogens is 400 g/mol. The number of carbonyl (C=O) groups is 2. The van der Waals surface area contributed by atoms with Gasteiger partial charge in [0.05, 0.1) is 22.2 Å². The van der Waals surface area contributed by atoms with Crippen molar-refractivity contribution in [1.82, 2.24) is 0 Å². The lowest BCUT2D eigenvalue weighted by Gasteiger charge is -2.26. The predicted molar refractivity (Wildman–Crippen MR) is 112 cm³/mol. The maximum Gasteiger partial charge on any atom is 0.300 e. The van der Waals surface area contributed by atoms with Crippen LogP contribution in [-0.2, 0) is 9.59 Å². The number of phenolic OH excluding ortho intramolecular Hbond substituents is 1. The van der Waals surface area contributed by atoms with Gasteiger partial charge >= 0.3 is 0 Å². The van der Waals surface area contributed by atoms with Crippen molar-refractivity contribution in [3.8, 4) is 5.75 Å². The van der Waals surface area contributed by atoms with Crippen LogP contribution in [0.4, 0.5) is 11.4 Å². The monoisotopic (exact) mass is 416 g/mol. The van der Waals surface area contributed by atoms with E-state index in [1.54, 1.807) is 42.5 Å². The number of carbonyl (C=O) groups excluding carboxylic acids is 2. The van der Waals surface area contributed by atoms with Crippen LogP contribution in [0.3, 0.4) is 0 Å². The molecule has 4 rings (SSSR count). The molecule has 1 atom stereocenters. The standard InChI is InChI=1S/C23H16N2O6/c26-18-9-5-4-8-17(18)24-20(14-6-2-1-3-7-14)19(22(28)23(24)29)21(27)15-10-12-16(13-11-15)25(30)31/h1-13,20,26-27H/b21-19-. The Balaban J connectivity index is 1.92. The molecule has 8 heteroatoms. The number of phenols is 1. The van der Waals surface area contributed by atoms with Crippen molar-refractivity contribution < 1.29 is 24.7 Å². The highest BCUT2D eigenvalue weighted by molar-refractivity contribution is 6.51. The van der Waals surface area contributed by atoms with E-state index in [0.29, 0.717) is 5.56 Å². The number of Topliss-reactive ketones (excluding diaryl/α,β-unsaturated/α-hetero) is 1. The van der Waals surface area contributed by atoms with Gasteiger partial charge in [0.1, 0.15) is 11.5 Å². The Hall–Kier alpha value is -4.46. The third-order valence-electron chi connectivity index (χ3n) is 5.05. The number of nitro benzene ring substituents is 1. The van der Waals surface area contributed by atoms with Crippen molar-refractivity contribution in [2.75, 3.05) is 4.90 Å². The largest absolute Gasteiger partial charge is 0.507 e. The summed E-state index contributed by atoms with van der Waals surface area (Å²) in [6.07, 6.45) is 0. The number of amides is 1. The van der Waals surface area contributed by atoms with E-state index in [0.717, 1.165) is 4.90 Å². The van der Waals surface area contributed by atoms with Crippen molar-refractivity contribution in [2.45, 2.75) is 6.04 Å². The number of para-hydroxylation sites is 2. The van der Waals surface area contributed by atoms with Gasteiger partial charge in [-0.15, -0.1) is 0 Å². The minimum Gasteiger partial charge on any atom is -0.507 e. The van der Waals surface area contributed by atoms with Gasteiger partial charge in [-0.3, -0.25) is 24.6 Å². The van der Waals surface area contributed by atoms with Crippen LogP contribution in [0.5, 0.6) is 5.75 Å². The Kier molecular flexibility index (Phi) is 4.96. The van der Waals surface area contributed by atoms with Crippen molar-refractivity contribution in [1.29, 1.82) is 0 Å². The molecule has 1 heterocycles. The molecule has 154 valence electrons. The van der Waals surface area contributed by atoms with E-state index in [1.165, 1.54) is 36.4 Å². The van der Waals surface area contributed by atoms with E-state index in [2.05, 4.69) is 0 Å². The maximum absolute atomic E-state index is 13.0. The predicted octanol–water partition coefficient (Wildman–Crippen LogP) is 3.93. The first kappa shape index (κ1) is 19.8. The van der Waals surface area contributed by atoms with Crippen molar-refractivity contribution in [3.05, 3.63) is 106 Å². The van der Waals surface area contributed by atoms with E-state index >= 15 is 0 Å². The van der Waals surface area contributed by atoms with Crippen LogP contribution in [0.1, 0.15) is 17.2 Å². The molecule has 1 aliphatic heterocycles. The summed E-state index contributed by atoms with van der Waals surface area (Å²) in [5.74, 6) is -2.48. The molecule has 1 saturated heterocycles. The fourth-order valence-electron chi connectivity index (χ4n) is 3.60. The third-order valence-corrected chi connectivity index (χ3v) is 5.05. The molecule has 1 aliphatic rings. The summed E-state index contributed by atoms with van der Waals surface area (Å²) in [5.41, 5.74) is 0.482. The summed E-state index contributed by atoms with van der Waals surface area (Å²) in [4.78, 5) is 37.4.